The molecule has 42 heavy (non-hydrogen) atoms. The zero-order valence-electron chi connectivity index (χ0n) is 27.5. The Balaban J connectivity index is 1.43. The molecule has 8 atom stereocenters. The Morgan fingerprint density at radius 1 is 0.476 bits per heavy atom. The second kappa shape index (κ2) is 12.3. The minimum absolute atomic E-state index is 0.485. The molecular weight excluding hydrogens is 504 g/mol. The molecular formula is C42H56. The van der Waals surface area contributed by atoms with Crippen molar-refractivity contribution in [3.63, 3.8) is 0 Å². The van der Waals surface area contributed by atoms with Crippen LogP contribution in [0.2, 0.25) is 0 Å². The van der Waals surface area contributed by atoms with Crippen molar-refractivity contribution in [1.82, 2.24) is 0 Å². The summed E-state index contributed by atoms with van der Waals surface area (Å²) in [6.45, 7) is 14.8. The fourth-order valence-corrected chi connectivity index (χ4v) is 11.4. The Kier molecular flexibility index (Phi) is 8.73. The smallest absolute Gasteiger partial charge is 0.0151 e. The fraction of sp³-hybridized carbons (Fsp3) is 0.571. The van der Waals surface area contributed by atoms with Gasteiger partial charge in [-0.05, 0) is 150 Å². The molecule has 0 heteroatoms. The van der Waals surface area contributed by atoms with Gasteiger partial charge in [0.15, 0.2) is 0 Å². The molecule has 5 unspecified atom stereocenters. The molecule has 0 nitrogen and oxygen atoms in total. The number of hydrogen-bond acceptors (Lipinski definition) is 0. The van der Waals surface area contributed by atoms with E-state index in [-0.39, 0.29) is 0 Å². The van der Waals surface area contributed by atoms with Crippen LogP contribution in [0, 0.1) is 29.1 Å². The lowest BCUT2D eigenvalue weighted by atomic mass is 9.39. The van der Waals surface area contributed by atoms with Gasteiger partial charge in [0.05, 0.1) is 0 Å². The van der Waals surface area contributed by atoms with E-state index in [1.165, 1.54) is 38.5 Å². The van der Waals surface area contributed by atoms with Crippen molar-refractivity contribution >= 4 is 0 Å². The lowest BCUT2D eigenvalue weighted by Crippen LogP contribution is -2.57. The first-order valence-corrected chi connectivity index (χ1v) is 17.7. The van der Waals surface area contributed by atoms with Gasteiger partial charge in [-0.25, -0.2) is 0 Å². The molecule has 3 aromatic carbocycles. The van der Waals surface area contributed by atoms with E-state index in [2.05, 4.69) is 108 Å². The predicted octanol–water partition coefficient (Wildman–Crippen LogP) is 11.5. The summed E-state index contributed by atoms with van der Waals surface area (Å²) < 4.78 is 0. The summed E-state index contributed by atoms with van der Waals surface area (Å²) in [7, 11) is 0. The van der Waals surface area contributed by atoms with Crippen LogP contribution >= 0.6 is 0 Å². The molecule has 3 aliphatic carbocycles. The van der Waals surface area contributed by atoms with Gasteiger partial charge in [0.25, 0.3) is 0 Å². The monoisotopic (exact) mass is 560 g/mol. The number of benzene rings is 3. The molecule has 0 amide bonds. The normalized spacial score (nSPS) is 32.7. The Bertz CT molecular complexity index is 1340. The molecule has 3 saturated carbocycles. The van der Waals surface area contributed by atoms with Gasteiger partial charge < -0.3 is 0 Å². The number of rotatable bonds is 7. The predicted molar refractivity (Wildman–Crippen MR) is 181 cm³/mol. The summed E-state index contributed by atoms with van der Waals surface area (Å²) in [5.74, 6) is 5.31. The standard InChI is InChI=1S/C42H56/c1-7-30-16-11-13-20-39(30)34-22-28(5)42-29(6)23-36(41-32(9-3)18-15-19-33(41)10-4)27-38(42)26-35(25-37(42)24-34)40-21-14-12-17-31(40)8-2/h11-21,28-29,34-38H,7-10,22-27H2,1-6H3/t28?,29-,34?,35?,36+,37?,38+,42?/m0/s1. The van der Waals surface area contributed by atoms with Gasteiger partial charge in [0.1, 0.15) is 0 Å². The van der Waals surface area contributed by atoms with Crippen molar-refractivity contribution in [3.05, 3.63) is 106 Å². The van der Waals surface area contributed by atoms with Gasteiger partial charge >= 0.3 is 0 Å². The maximum Gasteiger partial charge on any atom is -0.0151 e. The average molecular weight is 561 g/mol. The van der Waals surface area contributed by atoms with E-state index in [9.17, 15) is 0 Å². The molecule has 0 radical (unpaired) electrons. The van der Waals surface area contributed by atoms with E-state index in [4.69, 9.17) is 0 Å². The van der Waals surface area contributed by atoms with Gasteiger partial charge in [0, 0.05) is 0 Å². The largest absolute Gasteiger partial charge is 0.0620 e. The van der Waals surface area contributed by atoms with Gasteiger partial charge in [-0.1, -0.05) is 108 Å². The molecule has 0 bridgehead atoms. The third-order valence-corrected chi connectivity index (χ3v) is 12.9. The van der Waals surface area contributed by atoms with Crippen molar-refractivity contribution in [3.8, 4) is 0 Å². The zero-order valence-corrected chi connectivity index (χ0v) is 27.5. The first-order chi connectivity index (χ1) is 20.5. The summed E-state index contributed by atoms with van der Waals surface area (Å²) in [5.41, 5.74) is 12.0. The van der Waals surface area contributed by atoms with E-state index in [0.717, 1.165) is 49.4 Å². The molecule has 3 fully saturated rings. The third kappa shape index (κ3) is 4.90. The van der Waals surface area contributed by atoms with Crippen LogP contribution in [-0.4, -0.2) is 0 Å². The number of hydrogen-bond donors (Lipinski definition) is 0. The molecule has 224 valence electrons. The van der Waals surface area contributed by atoms with Crippen LogP contribution in [-0.2, 0) is 25.7 Å². The van der Waals surface area contributed by atoms with E-state index < -0.39 is 0 Å². The van der Waals surface area contributed by atoms with E-state index in [0.29, 0.717) is 23.2 Å². The van der Waals surface area contributed by atoms with E-state index in [1.807, 2.05) is 0 Å². The third-order valence-electron chi connectivity index (χ3n) is 12.9. The maximum absolute atomic E-state index is 2.70. The van der Waals surface area contributed by atoms with Crippen LogP contribution in [0.1, 0.15) is 137 Å². The molecule has 0 aromatic heterocycles. The second-order valence-electron chi connectivity index (χ2n) is 14.5. The van der Waals surface area contributed by atoms with Gasteiger partial charge in [-0.15, -0.1) is 0 Å². The van der Waals surface area contributed by atoms with Crippen molar-refractivity contribution in [2.45, 2.75) is 124 Å². The highest BCUT2D eigenvalue weighted by Gasteiger charge is 2.60. The van der Waals surface area contributed by atoms with E-state index >= 15 is 0 Å². The van der Waals surface area contributed by atoms with Crippen molar-refractivity contribution in [1.29, 1.82) is 0 Å². The van der Waals surface area contributed by atoms with Crippen molar-refractivity contribution in [2.75, 3.05) is 0 Å². The van der Waals surface area contributed by atoms with Crippen LogP contribution in [0.4, 0.5) is 0 Å². The molecule has 0 saturated heterocycles. The summed E-state index contributed by atoms with van der Waals surface area (Å²) >= 11 is 0. The highest BCUT2D eigenvalue weighted by atomic mass is 14.6. The first-order valence-electron chi connectivity index (χ1n) is 17.7. The minimum atomic E-state index is 0.485. The van der Waals surface area contributed by atoms with Crippen molar-refractivity contribution in [2.24, 2.45) is 29.1 Å². The van der Waals surface area contributed by atoms with Gasteiger partial charge in [0.2, 0.25) is 0 Å². The van der Waals surface area contributed by atoms with Crippen LogP contribution in [0.5, 0.6) is 0 Å². The van der Waals surface area contributed by atoms with Gasteiger partial charge in [-0.2, -0.15) is 0 Å². The van der Waals surface area contributed by atoms with Crippen LogP contribution < -0.4 is 0 Å². The topological polar surface area (TPSA) is 0 Å². The molecule has 3 aromatic rings. The Morgan fingerprint density at radius 3 is 1.33 bits per heavy atom. The first kappa shape index (κ1) is 29.7. The molecule has 0 heterocycles. The van der Waals surface area contributed by atoms with Crippen LogP contribution in [0.25, 0.3) is 0 Å². The average Bonchev–Trinajstić information content (AvgIpc) is 3.03. The Hall–Kier alpha value is -2.34. The quantitative estimate of drug-likeness (QED) is 0.269. The van der Waals surface area contributed by atoms with Crippen LogP contribution in [0.3, 0.4) is 0 Å². The fourth-order valence-electron chi connectivity index (χ4n) is 11.4. The summed E-state index contributed by atoms with van der Waals surface area (Å²) in [5, 5.41) is 0. The summed E-state index contributed by atoms with van der Waals surface area (Å²) in [4.78, 5) is 0. The van der Waals surface area contributed by atoms with Crippen LogP contribution in [0.15, 0.2) is 66.7 Å². The van der Waals surface area contributed by atoms with E-state index in [1.54, 1.807) is 38.9 Å². The second-order valence-corrected chi connectivity index (χ2v) is 14.5. The SMILES string of the molecule is CCc1ccccc1C1CC(C)C23C(C1)CC(c1ccccc1CC)C[C@@H]2C[C@H](c1c(CC)cccc1CC)C[C@@H]3C. The zero-order chi connectivity index (χ0) is 29.4. The Morgan fingerprint density at radius 2 is 0.857 bits per heavy atom. The van der Waals surface area contributed by atoms with Gasteiger partial charge in [-0.3, -0.25) is 0 Å². The molecule has 6 rings (SSSR count). The molecule has 0 aliphatic heterocycles. The summed E-state index contributed by atoms with van der Waals surface area (Å²) in [6, 6.07) is 26.1. The molecule has 3 aliphatic rings. The van der Waals surface area contributed by atoms with Crippen molar-refractivity contribution < 1.29 is 0 Å². The molecule has 1 spiro atoms. The highest BCUT2D eigenvalue weighted by molar-refractivity contribution is 5.40. The minimum Gasteiger partial charge on any atom is -0.0620 e. The lowest BCUT2D eigenvalue weighted by molar-refractivity contribution is -0.139. The maximum atomic E-state index is 2.70. The number of aryl methyl sites for hydroxylation is 4. The summed E-state index contributed by atoms with van der Waals surface area (Å²) in [6.07, 6.45) is 13.0. The highest BCUT2D eigenvalue weighted by Crippen LogP contribution is 2.69. The Labute approximate surface area is 257 Å². The lowest BCUT2D eigenvalue weighted by Gasteiger charge is -2.65. The molecule has 0 N–H and O–H groups in total.